The van der Waals surface area contributed by atoms with Crippen LogP contribution in [0.3, 0.4) is 0 Å². The number of aryl methyl sites for hydroxylation is 2. The van der Waals surface area contributed by atoms with Gasteiger partial charge in [-0.05, 0) is 63.4 Å². The van der Waals surface area contributed by atoms with Gasteiger partial charge in [0.05, 0.1) is 35.8 Å². The summed E-state index contributed by atoms with van der Waals surface area (Å²) in [5.41, 5.74) is 1.83. The number of aromatic nitrogens is 3. The molecule has 1 saturated heterocycles. The molecule has 1 fully saturated rings. The second-order valence-electron chi connectivity index (χ2n) is 11.3. The van der Waals surface area contributed by atoms with Crippen LogP contribution in [0.4, 0.5) is 0 Å². The van der Waals surface area contributed by atoms with Gasteiger partial charge < -0.3 is 24.0 Å². The number of benzene rings is 1. The van der Waals surface area contributed by atoms with Gasteiger partial charge in [-0.2, -0.15) is 4.31 Å². The van der Waals surface area contributed by atoms with E-state index in [0.29, 0.717) is 48.3 Å². The first-order valence-corrected chi connectivity index (χ1v) is 17.0. The Morgan fingerprint density at radius 2 is 1.64 bits per heavy atom. The van der Waals surface area contributed by atoms with E-state index < -0.39 is 32.3 Å². The molecular formula is C29H41N7O10S. The minimum absolute atomic E-state index is 0.0120. The van der Waals surface area contributed by atoms with E-state index in [0.717, 1.165) is 12.0 Å². The van der Waals surface area contributed by atoms with Gasteiger partial charge in [0.2, 0.25) is 10.0 Å². The number of sulfonamides is 1. The van der Waals surface area contributed by atoms with E-state index in [-0.39, 0.29) is 55.4 Å². The van der Waals surface area contributed by atoms with E-state index in [1.54, 1.807) is 7.05 Å². The topological polar surface area (TPSA) is 205 Å². The number of rotatable bonds is 17. The Labute approximate surface area is 271 Å². The number of hydrogen-bond acceptors (Lipinski definition) is 12. The van der Waals surface area contributed by atoms with E-state index in [2.05, 4.69) is 14.7 Å². The second-order valence-corrected chi connectivity index (χ2v) is 13.2. The maximum Gasteiger partial charge on any atom is 0.294 e. The lowest BCUT2D eigenvalue weighted by Crippen LogP contribution is -2.58. The zero-order chi connectivity index (χ0) is 34.3. The quantitative estimate of drug-likeness (QED) is 0.161. The molecule has 258 valence electrons. The van der Waals surface area contributed by atoms with Gasteiger partial charge in [0.15, 0.2) is 0 Å². The van der Waals surface area contributed by atoms with Crippen molar-refractivity contribution in [3.05, 3.63) is 60.5 Å². The fraction of sp³-hybridized carbons (Fsp3) is 0.586. The third-order valence-electron chi connectivity index (χ3n) is 8.24. The number of piperazine rings is 1. The van der Waals surface area contributed by atoms with Crippen LogP contribution in [-0.2, 0) is 32.7 Å². The minimum atomic E-state index is -4.19. The molecular weight excluding hydrogens is 638 g/mol. The molecule has 4 rings (SSSR count). The molecule has 3 heterocycles. The molecule has 1 aliphatic heterocycles. The molecule has 2 aromatic heterocycles. The lowest BCUT2D eigenvalue weighted by molar-refractivity contribution is -0.758. The summed E-state index contributed by atoms with van der Waals surface area (Å²) in [6.45, 7) is 6.28. The molecule has 18 heteroatoms. The molecule has 0 bridgehead atoms. The number of hydrogen-bond donors (Lipinski definition) is 1. The van der Waals surface area contributed by atoms with Crippen LogP contribution >= 0.6 is 0 Å². The van der Waals surface area contributed by atoms with Crippen LogP contribution in [0.2, 0.25) is 0 Å². The largest absolute Gasteiger partial charge is 0.493 e. The molecule has 47 heavy (non-hydrogen) atoms. The maximum atomic E-state index is 14.2. The molecule has 0 saturated carbocycles. The third-order valence-corrected chi connectivity index (χ3v) is 10.1. The Bertz CT molecular complexity index is 1710. The van der Waals surface area contributed by atoms with E-state index in [1.165, 1.54) is 22.5 Å². The molecule has 1 aliphatic rings. The van der Waals surface area contributed by atoms with Crippen molar-refractivity contribution in [1.82, 2.24) is 23.7 Å². The summed E-state index contributed by atoms with van der Waals surface area (Å²) in [6.07, 6.45) is 4.42. The molecule has 3 aromatic rings. The Morgan fingerprint density at radius 1 is 1.00 bits per heavy atom. The minimum Gasteiger partial charge on any atom is -0.493 e. The summed E-state index contributed by atoms with van der Waals surface area (Å²) >= 11 is 0. The van der Waals surface area contributed by atoms with Crippen molar-refractivity contribution in [2.45, 2.75) is 76.4 Å². The van der Waals surface area contributed by atoms with Gasteiger partial charge in [-0.3, -0.25) is 9.69 Å². The molecule has 17 nitrogen and oxygen atoms in total. The summed E-state index contributed by atoms with van der Waals surface area (Å²) in [5, 5.41) is 19.7. The molecule has 1 aromatic carbocycles. The lowest BCUT2D eigenvalue weighted by Gasteiger charge is -2.44. The average Bonchev–Trinajstić information content (AvgIpc) is 3.39. The first-order chi connectivity index (χ1) is 22.4. The fourth-order valence-corrected chi connectivity index (χ4v) is 7.40. The van der Waals surface area contributed by atoms with Crippen LogP contribution in [0.15, 0.2) is 34.1 Å². The van der Waals surface area contributed by atoms with E-state index in [1.807, 2.05) is 36.4 Å². The average molecular weight is 680 g/mol. The van der Waals surface area contributed by atoms with Gasteiger partial charge >= 0.3 is 0 Å². The zero-order valence-corrected chi connectivity index (χ0v) is 27.7. The normalized spacial score (nSPS) is 17.5. The van der Waals surface area contributed by atoms with Crippen molar-refractivity contribution >= 4 is 21.1 Å². The van der Waals surface area contributed by atoms with Crippen LogP contribution in [0.25, 0.3) is 22.4 Å². The first kappa shape index (κ1) is 35.6. The number of likely N-dealkylation sites (N-methyl/N-ethyl adjacent to an activating group) is 1. The van der Waals surface area contributed by atoms with E-state index in [9.17, 15) is 33.4 Å². The molecule has 0 aliphatic carbocycles. The van der Waals surface area contributed by atoms with Crippen molar-refractivity contribution in [2.75, 3.05) is 40.0 Å². The van der Waals surface area contributed by atoms with Gasteiger partial charge in [-0.1, -0.05) is 20.3 Å². The highest BCUT2D eigenvalue weighted by atomic mass is 32.2. The fourth-order valence-electron chi connectivity index (χ4n) is 5.85. The SMILES string of the molecule is CCCOc1ccc(S(=O)(=O)N2CC(CCO[N+](=O)[O-])N(C)C(CCO[N+](=O)[O-])C2)cc1-c1nc2c(CCC)cn(CC)c2c(=O)[nH]1. The highest BCUT2D eigenvalue weighted by Crippen LogP contribution is 2.34. The zero-order valence-electron chi connectivity index (χ0n) is 26.9. The van der Waals surface area contributed by atoms with Gasteiger partial charge in [0.1, 0.15) is 17.1 Å². The molecule has 2 atom stereocenters. The number of aromatic amines is 1. The van der Waals surface area contributed by atoms with Crippen LogP contribution in [-0.4, -0.2) is 94.4 Å². The van der Waals surface area contributed by atoms with Gasteiger partial charge in [-0.25, -0.2) is 13.4 Å². The lowest BCUT2D eigenvalue weighted by atomic mass is 10.0. The highest BCUT2D eigenvalue weighted by molar-refractivity contribution is 7.89. The summed E-state index contributed by atoms with van der Waals surface area (Å²) in [6, 6.07) is 3.39. The maximum absolute atomic E-state index is 14.2. The number of nitrogens with zero attached hydrogens (tertiary/aromatic N) is 6. The van der Waals surface area contributed by atoms with Gasteiger partial charge in [0, 0.05) is 37.9 Å². The van der Waals surface area contributed by atoms with Crippen LogP contribution < -0.4 is 10.3 Å². The summed E-state index contributed by atoms with van der Waals surface area (Å²) < 4.78 is 37.5. The number of ether oxygens (including phenoxy) is 1. The van der Waals surface area contributed by atoms with Crippen LogP contribution in [0.5, 0.6) is 5.75 Å². The Hall–Kier alpha value is -4.29. The highest BCUT2D eigenvalue weighted by Gasteiger charge is 2.38. The summed E-state index contributed by atoms with van der Waals surface area (Å²) in [7, 11) is -2.46. The summed E-state index contributed by atoms with van der Waals surface area (Å²) in [5.74, 6) is 0.517. The standard InChI is InChI=1S/C29H41N7O10S/c1-5-8-20-17-33(7-3)27-26(20)30-28(31-29(27)37)24-16-23(9-10-25(24)44-13-6-2)47(42,43)34-18-21(11-14-45-35(38)39)32(4)22(19-34)12-15-46-36(40)41/h9-10,16-17,21-22H,5-8,11-15,18-19H2,1-4H3,(H,30,31,37). The van der Waals surface area contributed by atoms with Crippen molar-refractivity contribution in [2.24, 2.45) is 0 Å². The van der Waals surface area contributed by atoms with Crippen molar-refractivity contribution in [3.8, 4) is 17.1 Å². The molecule has 1 N–H and O–H groups in total. The Balaban J connectivity index is 1.76. The van der Waals surface area contributed by atoms with Crippen molar-refractivity contribution < 1.29 is 33.0 Å². The Kier molecular flexibility index (Phi) is 11.8. The molecule has 0 radical (unpaired) electrons. The van der Waals surface area contributed by atoms with Crippen LogP contribution in [0.1, 0.15) is 52.0 Å². The monoisotopic (exact) mass is 679 g/mol. The summed E-state index contributed by atoms with van der Waals surface area (Å²) in [4.78, 5) is 53.3. The smallest absolute Gasteiger partial charge is 0.294 e. The van der Waals surface area contributed by atoms with Gasteiger partial charge in [-0.15, -0.1) is 20.2 Å². The van der Waals surface area contributed by atoms with Crippen LogP contribution in [0, 0.1) is 20.2 Å². The number of nitrogens with one attached hydrogen (secondary N) is 1. The van der Waals surface area contributed by atoms with Crippen molar-refractivity contribution in [1.29, 1.82) is 0 Å². The Morgan fingerprint density at radius 3 is 2.19 bits per heavy atom. The molecule has 0 spiro atoms. The predicted molar refractivity (Wildman–Crippen MR) is 170 cm³/mol. The number of H-pyrrole nitrogens is 1. The first-order valence-electron chi connectivity index (χ1n) is 15.6. The second kappa shape index (κ2) is 15.5. The van der Waals surface area contributed by atoms with E-state index >= 15 is 0 Å². The predicted octanol–water partition coefficient (Wildman–Crippen LogP) is 3.02. The van der Waals surface area contributed by atoms with Gasteiger partial charge in [0.25, 0.3) is 15.7 Å². The third kappa shape index (κ3) is 8.17. The molecule has 0 amide bonds. The number of fused-ring (bicyclic) bond motifs is 1. The van der Waals surface area contributed by atoms with Crippen molar-refractivity contribution in [3.63, 3.8) is 0 Å². The molecule has 2 unspecified atom stereocenters. The van der Waals surface area contributed by atoms with E-state index in [4.69, 9.17) is 9.72 Å².